The molecule has 3 aromatic carbocycles. The summed E-state index contributed by atoms with van der Waals surface area (Å²) in [5, 5.41) is 8.19. The first-order valence-corrected chi connectivity index (χ1v) is 8.14. The molecule has 5 heteroatoms. The Morgan fingerprint density at radius 1 is 0.731 bits per heavy atom. The van der Waals surface area contributed by atoms with E-state index in [2.05, 4.69) is 10.2 Å². The van der Waals surface area contributed by atoms with Gasteiger partial charge in [-0.25, -0.2) is 4.39 Å². The van der Waals surface area contributed by atoms with Gasteiger partial charge in [0.25, 0.3) is 0 Å². The van der Waals surface area contributed by atoms with Gasteiger partial charge in [0, 0.05) is 11.1 Å². The number of rotatable bonds is 5. The summed E-state index contributed by atoms with van der Waals surface area (Å²) in [6.45, 7) is 0.373. The van der Waals surface area contributed by atoms with Crippen molar-refractivity contribution in [3.05, 3.63) is 90.2 Å². The molecule has 0 radical (unpaired) electrons. The van der Waals surface area contributed by atoms with E-state index in [-0.39, 0.29) is 5.82 Å². The van der Waals surface area contributed by atoms with Gasteiger partial charge >= 0.3 is 0 Å². The lowest BCUT2D eigenvalue weighted by atomic mass is 10.2. The maximum absolute atomic E-state index is 12.9. The SMILES string of the molecule is Fc1ccc(COc2ccc(-c3nnc(-c4ccccc4)o3)cc2)cc1. The molecule has 0 aliphatic carbocycles. The Bertz CT molecular complexity index is 981. The molecule has 0 bridgehead atoms. The van der Waals surface area contributed by atoms with Gasteiger partial charge in [0.15, 0.2) is 0 Å². The molecule has 0 amide bonds. The van der Waals surface area contributed by atoms with Crippen molar-refractivity contribution in [3.8, 4) is 28.7 Å². The van der Waals surface area contributed by atoms with E-state index < -0.39 is 0 Å². The Hall–Kier alpha value is -3.47. The van der Waals surface area contributed by atoms with Crippen LogP contribution in [0.3, 0.4) is 0 Å². The first-order chi connectivity index (χ1) is 12.8. The fourth-order valence-corrected chi connectivity index (χ4v) is 2.48. The van der Waals surface area contributed by atoms with Crippen LogP contribution in [-0.2, 0) is 6.61 Å². The normalized spacial score (nSPS) is 10.7. The third kappa shape index (κ3) is 3.62. The number of nitrogens with zero attached hydrogens (tertiary/aromatic N) is 2. The van der Waals surface area contributed by atoms with Gasteiger partial charge in [-0.15, -0.1) is 10.2 Å². The van der Waals surface area contributed by atoms with Gasteiger partial charge in [-0.3, -0.25) is 0 Å². The Labute approximate surface area is 149 Å². The summed E-state index contributed by atoms with van der Waals surface area (Å²) in [6, 6.07) is 23.3. The third-order valence-corrected chi connectivity index (χ3v) is 3.87. The topological polar surface area (TPSA) is 48.2 Å². The molecule has 4 aromatic rings. The molecule has 4 rings (SSSR count). The monoisotopic (exact) mass is 346 g/mol. The summed E-state index contributed by atoms with van der Waals surface area (Å²) in [5.41, 5.74) is 2.60. The van der Waals surface area contributed by atoms with E-state index in [0.29, 0.717) is 24.1 Å². The summed E-state index contributed by atoms with van der Waals surface area (Å²) in [7, 11) is 0. The Morgan fingerprint density at radius 3 is 2.00 bits per heavy atom. The second kappa shape index (κ2) is 7.19. The molecule has 128 valence electrons. The van der Waals surface area contributed by atoms with Crippen LogP contribution in [0.15, 0.2) is 83.3 Å². The van der Waals surface area contributed by atoms with Crippen LogP contribution in [0.2, 0.25) is 0 Å². The van der Waals surface area contributed by atoms with E-state index in [0.717, 1.165) is 16.7 Å². The summed E-state index contributed by atoms with van der Waals surface area (Å²) in [6.07, 6.45) is 0. The summed E-state index contributed by atoms with van der Waals surface area (Å²) in [5.74, 6) is 1.39. The smallest absolute Gasteiger partial charge is 0.248 e. The number of halogens is 1. The van der Waals surface area contributed by atoms with Crippen LogP contribution in [0, 0.1) is 5.82 Å². The molecule has 1 heterocycles. The lowest BCUT2D eigenvalue weighted by molar-refractivity contribution is 0.306. The minimum absolute atomic E-state index is 0.257. The Balaban J connectivity index is 1.44. The first-order valence-electron chi connectivity index (χ1n) is 8.14. The van der Waals surface area contributed by atoms with Gasteiger partial charge in [-0.2, -0.15) is 0 Å². The second-order valence-corrected chi connectivity index (χ2v) is 5.72. The molecule has 1 aromatic heterocycles. The summed E-state index contributed by atoms with van der Waals surface area (Å²) < 4.78 is 24.4. The van der Waals surface area contributed by atoms with Crippen LogP contribution < -0.4 is 4.74 Å². The fraction of sp³-hybridized carbons (Fsp3) is 0.0476. The van der Waals surface area contributed by atoms with Crippen molar-refractivity contribution in [1.29, 1.82) is 0 Å². The third-order valence-electron chi connectivity index (χ3n) is 3.87. The number of benzene rings is 3. The zero-order chi connectivity index (χ0) is 17.8. The second-order valence-electron chi connectivity index (χ2n) is 5.72. The Morgan fingerprint density at radius 2 is 1.35 bits per heavy atom. The molecule has 0 fully saturated rings. The van der Waals surface area contributed by atoms with Gasteiger partial charge < -0.3 is 9.15 Å². The van der Waals surface area contributed by atoms with Crippen LogP contribution in [0.4, 0.5) is 4.39 Å². The molecule has 0 spiro atoms. The van der Waals surface area contributed by atoms with Crippen molar-refractivity contribution in [1.82, 2.24) is 10.2 Å². The van der Waals surface area contributed by atoms with Crippen molar-refractivity contribution in [2.45, 2.75) is 6.61 Å². The zero-order valence-electron chi connectivity index (χ0n) is 13.8. The lowest BCUT2D eigenvalue weighted by Gasteiger charge is -2.06. The van der Waals surface area contributed by atoms with Crippen LogP contribution in [0.5, 0.6) is 5.75 Å². The van der Waals surface area contributed by atoms with Gasteiger partial charge in [0.1, 0.15) is 18.2 Å². The largest absolute Gasteiger partial charge is 0.489 e. The van der Waals surface area contributed by atoms with Crippen LogP contribution >= 0.6 is 0 Å². The molecule has 4 nitrogen and oxygen atoms in total. The number of aromatic nitrogens is 2. The molecule has 0 aliphatic heterocycles. The van der Waals surface area contributed by atoms with Crippen molar-refractivity contribution in [2.24, 2.45) is 0 Å². The molecule has 0 saturated carbocycles. The van der Waals surface area contributed by atoms with Crippen molar-refractivity contribution in [3.63, 3.8) is 0 Å². The summed E-state index contributed by atoms with van der Waals surface area (Å²) in [4.78, 5) is 0. The maximum atomic E-state index is 12.9. The first kappa shape index (κ1) is 16.0. The highest BCUT2D eigenvalue weighted by atomic mass is 19.1. The van der Waals surface area contributed by atoms with Gasteiger partial charge in [0.2, 0.25) is 11.8 Å². The van der Waals surface area contributed by atoms with Crippen molar-refractivity contribution in [2.75, 3.05) is 0 Å². The predicted octanol–water partition coefficient (Wildman–Crippen LogP) is 5.12. The zero-order valence-corrected chi connectivity index (χ0v) is 13.8. The molecule has 26 heavy (non-hydrogen) atoms. The Kier molecular flexibility index (Phi) is 4.43. The summed E-state index contributed by atoms with van der Waals surface area (Å²) >= 11 is 0. The van der Waals surface area contributed by atoms with Crippen LogP contribution in [0.1, 0.15) is 5.56 Å². The van der Waals surface area contributed by atoms with Crippen molar-refractivity contribution < 1.29 is 13.5 Å². The van der Waals surface area contributed by atoms with Crippen molar-refractivity contribution >= 4 is 0 Å². The average molecular weight is 346 g/mol. The molecule has 0 aliphatic rings. The molecule has 0 unspecified atom stereocenters. The van der Waals surface area contributed by atoms with E-state index in [1.165, 1.54) is 12.1 Å². The van der Waals surface area contributed by atoms with E-state index in [4.69, 9.17) is 9.15 Å². The molecule has 0 saturated heterocycles. The molecular formula is C21H15FN2O2. The van der Waals surface area contributed by atoms with Gasteiger partial charge in [-0.05, 0) is 54.1 Å². The molecule has 0 atom stereocenters. The molecule has 0 N–H and O–H groups in total. The highest BCUT2D eigenvalue weighted by molar-refractivity contribution is 5.58. The maximum Gasteiger partial charge on any atom is 0.248 e. The van der Waals surface area contributed by atoms with E-state index in [1.807, 2.05) is 54.6 Å². The lowest BCUT2D eigenvalue weighted by Crippen LogP contribution is -1.95. The fourth-order valence-electron chi connectivity index (χ4n) is 2.48. The minimum atomic E-state index is -0.257. The van der Waals surface area contributed by atoms with E-state index in [1.54, 1.807) is 12.1 Å². The van der Waals surface area contributed by atoms with E-state index >= 15 is 0 Å². The standard InChI is InChI=1S/C21H15FN2O2/c22-18-10-6-15(7-11-18)14-25-19-12-8-17(9-13-19)21-24-23-20(26-21)16-4-2-1-3-5-16/h1-13H,14H2. The minimum Gasteiger partial charge on any atom is -0.489 e. The van der Waals surface area contributed by atoms with Crippen LogP contribution in [0.25, 0.3) is 22.9 Å². The number of hydrogen-bond acceptors (Lipinski definition) is 4. The molecular weight excluding hydrogens is 331 g/mol. The average Bonchev–Trinajstić information content (AvgIpc) is 3.19. The quantitative estimate of drug-likeness (QED) is 0.503. The highest BCUT2D eigenvalue weighted by Crippen LogP contribution is 2.25. The van der Waals surface area contributed by atoms with Crippen LogP contribution in [-0.4, -0.2) is 10.2 Å². The predicted molar refractivity (Wildman–Crippen MR) is 95.9 cm³/mol. The number of ether oxygens (including phenoxy) is 1. The van der Waals surface area contributed by atoms with E-state index in [9.17, 15) is 4.39 Å². The number of hydrogen-bond donors (Lipinski definition) is 0. The van der Waals surface area contributed by atoms with Gasteiger partial charge in [0.05, 0.1) is 0 Å². The highest BCUT2D eigenvalue weighted by Gasteiger charge is 2.10. The van der Waals surface area contributed by atoms with Gasteiger partial charge in [-0.1, -0.05) is 30.3 Å².